The first-order valence-corrected chi connectivity index (χ1v) is 5.54. The van der Waals surface area contributed by atoms with Crippen molar-refractivity contribution in [1.29, 1.82) is 0 Å². The van der Waals surface area contributed by atoms with Gasteiger partial charge < -0.3 is 5.32 Å². The fourth-order valence-electron chi connectivity index (χ4n) is 1.66. The molecule has 0 amide bonds. The van der Waals surface area contributed by atoms with E-state index in [1.54, 1.807) is 0 Å². The van der Waals surface area contributed by atoms with Crippen LogP contribution >= 0.6 is 0 Å². The number of unbranched alkanes of at least 4 members (excludes halogenated alkanes) is 1. The molecule has 1 aromatic rings. The van der Waals surface area contributed by atoms with Gasteiger partial charge in [-0.2, -0.15) is 0 Å². The molecule has 0 spiro atoms. The molecule has 0 aliphatic carbocycles. The lowest BCUT2D eigenvalue weighted by Crippen LogP contribution is -2.27. The van der Waals surface area contributed by atoms with E-state index in [4.69, 9.17) is 0 Å². The Morgan fingerprint density at radius 3 is 2.80 bits per heavy atom. The normalized spacial score (nSPS) is 12.3. The first-order valence-electron chi connectivity index (χ1n) is 5.54. The van der Waals surface area contributed by atoms with Gasteiger partial charge in [0.15, 0.2) is 0 Å². The van der Waals surface area contributed by atoms with Crippen molar-refractivity contribution in [2.75, 3.05) is 7.05 Å². The van der Waals surface area contributed by atoms with Gasteiger partial charge in [0.1, 0.15) is 0 Å². The Labute approximate surface area is 92.4 Å². The lowest BCUT2D eigenvalue weighted by Gasteiger charge is -2.15. The quantitative estimate of drug-likeness (QED) is 0.545. The van der Waals surface area contributed by atoms with Crippen LogP contribution in [0, 0.1) is 0 Å². The van der Waals surface area contributed by atoms with Crippen molar-refractivity contribution in [3.05, 3.63) is 42.7 Å². The van der Waals surface area contributed by atoms with Crippen LogP contribution in [0.3, 0.4) is 0 Å². The van der Waals surface area contributed by atoms with Crippen molar-refractivity contribution < 1.29 is 0 Å². The molecule has 1 unspecified atom stereocenters. The summed E-state index contributed by atoms with van der Waals surface area (Å²) in [4.78, 5) is 4.02. The van der Waals surface area contributed by atoms with Crippen molar-refractivity contribution in [2.45, 2.75) is 31.7 Å². The molecule has 0 aromatic carbocycles. The van der Waals surface area contributed by atoms with Crippen LogP contribution in [0.4, 0.5) is 0 Å². The Kier molecular flexibility index (Phi) is 5.71. The summed E-state index contributed by atoms with van der Waals surface area (Å²) in [5.41, 5.74) is 1.35. The average molecular weight is 204 g/mol. The molecule has 0 aliphatic heterocycles. The third-order valence-corrected chi connectivity index (χ3v) is 2.60. The standard InChI is InChI=1S/C13H20N2/c1-3-4-5-6-13(14-2)11-12-7-9-15-10-8-12/h3,7-10,13-14H,1,4-6,11H2,2H3. The molecule has 0 bridgehead atoms. The molecular formula is C13H20N2. The summed E-state index contributed by atoms with van der Waals surface area (Å²) in [6.07, 6.45) is 10.3. The van der Waals surface area contributed by atoms with Crippen LogP contribution in [0.15, 0.2) is 37.2 Å². The Morgan fingerprint density at radius 1 is 1.47 bits per heavy atom. The van der Waals surface area contributed by atoms with E-state index in [2.05, 4.69) is 29.0 Å². The van der Waals surface area contributed by atoms with Crippen LogP contribution in [0.25, 0.3) is 0 Å². The van der Waals surface area contributed by atoms with E-state index < -0.39 is 0 Å². The van der Waals surface area contributed by atoms with E-state index >= 15 is 0 Å². The highest BCUT2D eigenvalue weighted by atomic mass is 14.9. The molecule has 1 heterocycles. The van der Waals surface area contributed by atoms with Crippen LogP contribution in [-0.4, -0.2) is 18.1 Å². The zero-order chi connectivity index (χ0) is 10.9. The van der Waals surface area contributed by atoms with Crippen LogP contribution < -0.4 is 5.32 Å². The molecule has 2 heteroatoms. The van der Waals surface area contributed by atoms with Gasteiger partial charge in [-0.1, -0.05) is 6.08 Å². The third-order valence-electron chi connectivity index (χ3n) is 2.60. The zero-order valence-electron chi connectivity index (χ0n) is 9.45. The van der Waals surface area contributed by atoms with E-state index in [9.17, 15) is 0 Å². The average Bonchev–Trinajstić information content (AvgIpc) is 2.29. The van der Waals surface area contributed by atoms with Gasteiger partial charge in [-0.05, 0) is 50.4 Å². The van der Waals surface area contributed by atoms with Crippen molar-refractivity contribution in [1.82, 2.24) is 10.3 Å². The second kappa shape index (κ2) is 7.18. The van der Waals surface area contributed by atoms with Crippen LogP contribution in [0.5, 0.6) is 0 Å². The number of nitrogens with one attached hydrogen (secondary N) is 1. The highest BCUT2D eigenvalue weighted by molar-refractivity contribution is 5.11. The lowest BCUT2D eigenvalue weighted by atomic mass is 10.0. The second-order valence-electron chi connectivity index (χ2n) is 3.76. The molecule has 0 fully saturated rings. The SMILES string of the molecule is C=CCCCC(Cc1ccncc1)NC. The van der Waals surface area contributed by atoms with E-state index in [-0.39, 0.29) is 0 Å². The molecule has 1 N–H and O–H groups in total. The molecule has 0 radical (unpaired) electrons. The van der Waals surface area contributed by atoms with Gasteiger partial charge in [0, 0.05) is 18.4 Å². The molecule has 2 nitrogen and oxygen atoms in total. The maximum atomic E-state index is 4.02. The molecule has 0 aliphatic rings. The topological polar surface area (TPSA) is 24.9 Å². The van der Waals surface area contributed by atoms with Crippen LogP contribution in [-0.2, 0) is 6.42 Å². The second-order valence-corrected chi connectivity index (χ2v) is 3.76. The highest BCUT2D eigenvalue weighted by Crippen LogP contribution is 2.08. The van der Waals surface area contributed by atoms with Crippen LogP contribution in [0.2, 0.25) is 0 Å². The van der Waals surface area contributed by atoms with Crippen LogP contribution in [0.1, 0.15) is 24.8 Å². The predicted octanol–water partition coefficient (Wildman–Crippen LogP) is 2.57. The minimum atomic E-state index is 0.562. The maximum absolute atomic E-state index is 4.02. The first-order chi connectivity index (χ1) is 7.36. The molecular weight excluding hydrogens is 184 g/mol. The minimum Gasteiger partial charge on any atom is -0.317 e. The molecule has 15 heavy (non-hydrogen) atoms. The number of likely N-dealkylation sites (N-methyl/N-ethyl adjacent to an activating group) is 1. The van der Waals surface area contributed by atoms with E-state index in [1.807, 2.05) is 25.5 Å². The summed E-state index contributed by atoms with van der Waals surface area (Å²) in [6, 6.07) is 4.72. The van der Waals surface area contributed by atoms with Crippen molar-refractivity contribution >= 4 is 0 Å². The van der Waals surface area contributed by atoms with Gasteiger partial charge >= 0.3 is 0 Å². The number of hydrogen-bond acceptors (Lipinski definition) is 2. The van der Waals surface area contributed by atoms with Gasteiger partial charge in [0.2, 0.25) is 0 Å². The first kappa shape index (κ1) is 11.9. The zero-order valence-corrected chi connectivity index (χ0v) is 9.45. The maximum Gasteiger partial charge on any atom is 0.0270 e. The molecule has 0 saturated heterocycles. The number of aromatic nitrogens is 1. The molecule has 82 valence electrons. The Hall–Kier alpha value is -1.15. The largest absolute Gasteiger partial charge is 0.317 e. The number of rotatable bonds is 7. The van der Waals surface area contributed by atoms with E-state index in [0.717, 1.165) is 12.8 Å². The van der Waals surface area contributed by atoms with Crippen molar-refractivity contribution in [3.8, 4) is 0 Å². The summed E-state index contributed by atoms with van der Waals surface area (Å²) >= 11 is 0. The Bertz CT molecular complexity index is 269. The van der Waals surface area contributed by atoms with Gasteiger partial charge in [0.05, 0.1) is 0 Å². The monoisotopic (exact) mass is 204 g/mol. The summed E-state index contributed by atoms with van der Waals surface area (Å²) in [5.74, 6) is 0. The van der Waals surface area contributed by atoms with Crippen molar-refractivity contribution in [2.24, 2.45) is 0 Å². The lowest BCUT2D eigenvalue weighted by molar-refractivity contribution is 0.504. The van der Waals surface area contributed by atoms with Gasteiger partial charge in [0.25, 0.3) is 0 Å². The number of pyridine rings is 1. The molecule has 1 atom stereocenters. The Morgan fingerprint density at radius 2 is 2.20 bits per heavy atom. The Balaban J connectivity index is 2.36. The summed E-state index contributed by atoms with van der Waals surface area (Å²) in [6.45, 7) is 3.74. The highest BCUT2D eigenvalue weighted by Gasteiger charge is 2.05. The van der Waals surface area contributed by atoms with Crippen molar-refractivity contribution in [3.63, 3.8) is 0 Å². The number of allylic oxidation sites excluding steroid dienone is 1. The van der Waals surface area contributed by atoms with Gasteiger partial charge in [-0.3, -0.25) is 4.98 Å². The van der Waals surface area contributed by atoms with E-state index in [0.29, 0.717) is 6.04 Å². The summed E-state index contributed by atoms with van der Waals surface area (Å²) in [5, 5.41) is 3.35. The smallest absolute Gasteiger partial charge is 0.0270 e. The predicted molar refractivity (Wildman–Crippen MR) is 64.8 cm³/mol. The van der Waals surface area contributed by atoms with Gasteiger partial charge in [-0.25, -0.2) is 0 Å². The fraction of sp³-hybridized carbons (Fsp3) is 0.462. The minimum absolute atomic E-state index is 0.562. The molecule has 0 saturated carbocycles. The summed E-state index contributed by atoms with van der Waals surface area (Å²) in [7, 11) is 2.03. The molecule has 1 rings (SSSR count). The van der Waals surface area contributed by atoms with Gasteiger partial charge in [-0.15, -0.1) is 6.58 Å². The molecule has 1 aromatic heterocycles. The third kappa shape index (κ3) is 4.75. The van der Waals surface area contributed by atoms with E-state index in [1.165, 1.54) is 18.4 Å². The fourth-order valence-corrected chi connectivity index (χ4v) is 1.66. The number of nitrogens with zero attached hydrogens (tertiary/aromatic N) is 1. The summed E-state index contributed by atoms with van der Waals surface area (Å²) < 4.78 is 0. The number of hydrogen-bond donors (Lipinski definition) is 1.